The molecule has 0 unspecified atom stereocenters. The lowest BCUT2D eigenvalue weighted by molar-refractivity contribution is 0.324. The van der Waals surface area contributed by atoms with Gasteiger partial charge in [-0.05, 0) is 25.3 Å². The highest BCUT2D eigenvalue weighted by Gasteiger charge is 2.04. The minimum absolute atomic E-state index is 0.459. The Labute approximate surface area is 99.0 Å². The monoisotopic (exact) mass is 247 g/mol. The number of nitrogens with two attached hydrogens (primary N) is 1. The van der Waals surface area contributed by atoms with E-state index in [9.17, 15) is 0 Å². The van der Waals surface area contributed by atoms with E-state index < -0.39 is 0 Å². The number of nitrogens with one attached hydrogen (secondary N) is 1. The first-order valence-electron chi connectivity index (χ1n) is 4.96. The predicted molar refractivity (Wildman–Crippen MR) is 66.1 cm³/mol. The molecule has 0 fully saturated rings. The maximum atomic E-state index is 5.67. The third-order valence-electron chi connectivity index (χ3n) is 2.21. The van der Waals surface area contributed by atoms with Crippen molar-refractivity contribution in [2.45, 2.75) is 19.0 Å². The fourth-order valence-corrected chi connectivity index (χ4v) is 2.26. The van der Waals surface area contributed by atoms with Crippen LogP contribution in [0.5, 0.6) is 0 Å². The summed E-state index contributed by atoms with van der Waals surface area (Å²) in [6.45, 7) is 7.51. The highest BCUT2D eigenvalue weighted by atomic mass is 32.2. The Hall–Kier alpha value is -0.530. The molecule has 15 heavy (non-hydrogen) atoms. The number of rotatable bonds is 6. The molecule has 1 heterocycles. The standard InChI is InChI=1S/C8H17N5S2/c1-3-12(4-2)5-6-15-8-11-10-7(14)13(8)9/h3-6,9H2,1-2H3,(H,10,14). The number of aromatic amines is 1. The average molecular weight is 247 g/mol. The molecule has 0 radical (unpaired) electrons. The first-order chi connectivity index (χ1) is 7.19. The van der Waals surface area contributed by atoms with Crippen LogP contribution in [0.1, 0.15) is 13.8 Å². The molecule has 0 saturated heterocycles. The minimum atomic E-state index is 0.459. The molecule has 0 spiro atoms. The van der Waals surface area contributed by atoms with Crippen LogP contribution < -0.4 is 5.84 Å². The van der Waals surface area contributed by atoms with Crippen molar-refractivity contribution in [2.75, 3.05) is 31.2 Å². The van der Waals surface area contributed by atoms with E-state index in [0.29, 0.717) is 4.77 Å². The first kappa shape index (κ1) is 12.5. The summed E-state index contributed by atoms with van der Waals surface area (Å²) in [6, 6.07) is 0. The second-order valence-electron chi connectivity index (χ2n) is 3.06. The van der Waals surface area contributed by atoms with Gasteiger partial charge < -0.3 is 10.7 Å². The number of hydrogen-bond acceptors (Lipinski definition) is 5. The Morgan fingerprint density at radius 3 is 2.67 bits per heavy atom. The number of nitrogen functional groups attached to an aromatic ring is 1. The second kappa shape index (κ2) is 6.14. The lowest BCUT2D eigenvalue weighted by Gasteiger charge is -2.16. The highest BCUT2D eigenvalue weighted by molar-refractivity contribution is 7.99. The second-order valence-corrected chi connectivity index (χ2v) is 4.51. The summed E-state index contributed by atoms with van der Waals surface area (Å²) >= 11 is 6.53. The maximum absolute atomic E-state index is 5.67. The Kier molecular flexibility index (Phi) is 5.13. The van der Waals surface area contributed by atoms with E-state index in [2.05, 4.69) is 28.9 Å². The molecule has 0 aliphatic carbocycles. The van der Waals surface area contributed by atoms with Crippen LogP contribution in [0.4, 0.5) is 0 Å². The molecule has 86 valence electrons. The Morgan fingerprint density at radius 2 is 2.20 bits per heavy atom. The normalized spacial score (nSPS) is 11.1. The summed E-state index contributed by atoms with van der Waals surface area (Å²) in [4.78, 5) is 2.36. The number of hydrogen-bond donors (Lipinski definition) is 2. The minimum Gasteiger partial charge on any atom is -0.335 e. The van der Waals surface area contributed by atoms with Crippen LogP contribution in [0, 0.1) is 4.77 Å². The summed E-state index contributed by atoms with van der Waals surface area (Å²) in [7, 11) is 0. The van der Waals surface area contributed by atoms with E-state index in [-0.39, 0.29) is 0 Å². The van der Waals surface area contributed by atoms with Crippen molar-refractivity contribution in [2.24, 2.45) is 0 Å². The van der Waals surface area contributed by atoms with Gasteiger partial charge in [0, 0.05) is 12.3 Å². The molecule has 1 rings (SSSR count). The van der Waals surface area contributed by atoms with Gasteiger partial charge in [0.05, 0.1) is 0 Å². The lowest BCUT2D eigenvalue weighted by atomic mass is 10.5. The summed E-state index contributed by atoms with van der Waals surface area (Å²) in [5.74, 6) is 6.64. The Balaban J connectivity index is 2.38. The van der Waals surface area contributed by atoms with E-state index in [1.807, 2.05) is 0 Å². The Bertz CT molecular complexity index is 341. The number of thioether (sulfide) groups is 1. The van der Waals surface area contributed by atoms with E-state index in [1.54, 1.807) is 11.8 Å². The SMILES string of the molecule is CCN(CC)CCSc1n[nH]c(=S)n1N. The van der Waals surface area contributed by atoms with Crippen LogP contribution in [0.15, 0.2) is 5.16 Å². The van der Waals surface area contributed by atoms with Gasteiger partial charge in [0.2, 0.25) is 9.93 Å². The molecule has 0 amide bonds. The van der Waals surface area contributed by atoms with Gasteiger partial charge in [0.25, 0.3) is 0 Å². The van der Waals surface area contributed by atoms with Crippen LogP contribution in [0.3, 0.4) is 0 Å². The molecule has 5 nitrogen and oxygen atoms in total. The predicted octanol–water partition coefficient (Wildman–Crippen LogP) is 1.09. The molecule has 0 aliphatic rings. The first-order valence-corrected chi connectivity index (χ1v) is 6.36. The zero-order chi connectivity index (χ0) is 11.3. The van der Waals surface area contributed by atoms with Crippen molar-refractivity contribution in [1.29, 1.82) is 0 Å². The van der Waals surface area contributed by atoms with Crippen molar-refractivity contribution in [3.63, 3.8) is 0 Å². The number of H-pyrrole nitrogens is 1. The zero-order valence-corrected chi connectivity index (χ0v) is 10.7. The van der Waals surface area contributed by atoms with Crippen LogP contribution in [-0.2, 0) is 0 Å². The maximum Gasteiger partial charge on any atom is 0.214 e. The third kappa shape index (κ3) is 3.51. The van der Waals surface area contributed by atoms with Gasteiger partial charge in [-0.2, -0.15) is 0 Å². The van der Waals surface area contributed by atoms with E-state index >= 15 is 0 Å². The fourth-order valence-electron chi connectivity index (χ4n) is 1.20. The Morgan fingerprint density at radius 1 is 1.53 bits per heavy atom. The highest BCUT2D eigenvalue weighted by Crippen LogP contribution is 2.12. The molecule has 0 bridgehead atoms. The van der Waals surface area contributed by atoms with Gasteiger partial charge in [-0.15, -0.1) is 5.10 Å². The van der Waals surface area contributed by atoms with E-state index in [1.165, 1.54) is 4.68 Å². The van der Waals surface area contributed by atoms with Crippen molar-refractivity contribution in [3.05, 3.63) is 4.77 Å². The topological polar surface area (TPSA) is 62.9 Å². The number of aromatic nitrogens is 3. The lowest BCUT2D eigenvalue weighted by Crippen LogP contribution is -2.25. The average Bonchev–Trinajstić information content (AvgIpc) is 2.56. The summed E-state index contributed by atoms with van der Waals surface area (Å²) < 4.78 is 1.86. The molecule has 0 atom stereocenters. The van der Waals surface area contributed by atoms with Gasteiger partial charge in [-0.25, -0.2) is 9.77 Å². The van der Waals surface area contributed by atoms with Gasteiger partial charge in [-0.3, -0.25) is 0 Å². The zero-order valence-electron chi connectivity index (χ0n) is 9.06. The fraction of sp³-hybridized carbons (Fsp3) is 0.750. The molecule has 3 N–H and O–H groups in total. The van der Waals surface area contributed by atoms with Crippen molar-refractivity contribution in [3.8, 4) is 0 Å². The van der Waals surface area contributed by atoms with Gasteiger partial charge in [0.1, 0.15) is 0 Å². The number of nitrogens with zero attached hydrogens (tertiary/aromatic N) is 3. The smallest absolute Gasteiger partial charge is 0.214 e. The van der Waals surface area contributed by atoms with Crippen molar-refractivity contribution >= 4 is 24.0 Å². The molecule has 1 aromatic rings. The molecular formula is C8H17N5S2. The molecule has 0 saturated carbocycles. The van der Waals surface area contributed by atoms with E-state index in [4.69, 9.17) is 18.1 Å². The largest absolute Gasteiger partial charge is 0.335 e. The molecule has 0 aromatic carbocycles. The summed E-state index contributed by atoms with van der Waals surface area (Å²) in [5.41, 5.74) is 0. The van der Waals surface area contributed by atoms with Crippen molar-refractivity contribution in [1.82, 2.24) is 19.8 Å². The van der Waals surface area contributed by atoms with Crippen molar-refractivity contribution < 1.29 is 0 Å². The molecule has 7 heteroatoms. The van der Waals surface area contributed by atoms with Gasteiger partial charge in [-0.1, -0.05) is 25.6 Å². The van der Waals surface area contributed by atoms with Gasteiger partial charge in [0.15, 0.2) is 0 Å². The van der Waals surface area contributed by atoms with E-state index in [0.717, 1.165) is 30.5 Å². The third-order valence-corrected chi connectivity index (χ3v) is 3.43. The quantitative estimate of drug-likeness (QED) is 0.447. The van der Waals surface area contributed by atoms with Crippen LogP contribution >= 0.6 is 24.0 Å². The molecule has 0 aliphatic heterocycles. The van der Waals surface area contributed by atoms with Crippen LogP contribution in [0.2, 0.25) is 0 Å². The summed E-state index contributed by atoms with van der Waals surface area (Å²) in [5, 5.41) is 7.43. The molecule has 1 aromatic heterocycles. The summed E-state index contributed by atoms with van der Waals surface area (Å²) in [6.07, 6.45) is 0. The van der Waals surface area contributed by atoms with Crippen LogP contribution in [0.25, 0.3) is 0 Å². The van der Waals surface area contributed by atoms with Crippen LogP contribution in [-0.4, -0.2) is 45.2 Å². The van der Waals surface area contributed by atoms with Gasteiger partial charge >= 0.3 is 0 Å². The molecular weight excluding hydrogens is 230 g/mol.